The molecule has 104 valence electrons. The number of aromatic nitrogens is 2. The van der Waals surface area contributed by atoms with Gasteiger partial charge in [0.25, 0.3) is 0 Å². The van der Waals surface area contributed by atoms with E-state index in [9.17, 15) is 0 Å². The molecule has 0 aliphatic carbocycles. The van der Waals surface area contributed by atoms with E-state index in [4.69, 9.17) is 21.6 Å². The normalized spacial score (nSPS) is 10.5. The van der Waals surface area contributed by atoms with Gasteiger partial charge in [-0.15, -0.1) is 11.6 Å². The molecule has 0 aliphatic rings. The first-order valence-electron chi connectivity index (χ1n) is 6.38. The van der Waals surface area contributed by atoms with Crippen LogP contribution in [0, 0.1) is 11.3 Å². The minimum atomic E-state index is 0.285. The molecule has 2 aromatic carbocycles. The molecule has 0 amide bonds. The number of alkyl halides is 1. The first-order valence-corrected chi connectivity index (χ1v) is 6.92. The minimum Gasteiger partial charge on any atom is -0.497 e. The first kappa shape index (κ1) is 13.5. The monoisotopic (exact) mass is 297 g/mol. The number of ether oxygens (including phenoxy) is 1. The zero-order chi connectivity index (χ0) is 14.8. The van der Waals surface area contributed by atoms with Gasteiger partial charge in [-0.05, 0) is 30.3 Å². The van der Waals surface area contributed by atoms with E-state index in [0.29, 0.717) is 5.56 Å². The van der Waals surface area contributed by atoms with Crippen LogP contribution in [0.25, 0.3) is 16.7 Å². The number of halogens is 1. The molecule has 0 N–H and O–H groups in total. The molecular formula is C16H12ClN3O. The Morgan fingerprint density at radius 3 is 2.86 bits per heavy atom. The zero-order valence-corrected chi connectivity index (χ0v) is 12.1. The topological polar surface area (TPSA) is 50.8 Å². The van der Waals surface area contributed by atoms with Crippen LogP contribution in [-0.2, 0) is 5.88 Å². The lowest BCUT2D eigenvalue weighted by molar-refractivity contribution is 0.415. The highest BCUT2D eigenvalue weighted by atomic mass is 35.5. The van der Waals surface area contributed by atoms with Gasteiger partial charge in [0.05, 0.1) is 35.7 Å². The Bertz CT molecular complexity index is 848. The quantitative estimate of drug-likeness (QED) is 0.693. The summed E-state index contributed by atoms with van der Waals surface area (Å²) in [5, 5.41) is 9.06. The molecular weight excluding hydrogens is 286 g/mol. The molecule has 0 bridgehead atoms. The second-order valence-corrected chi connectivity index (χ2v) is 4.78. The molecule has 0 aliphatic heterocycles. The fourth-order valence-electron chi connectivity index (χ4n) is 2.32. The number of nitrogens with zero attached hydrogens (tertiary/aromatic N) is 3. The Kier molecular flexibility index (Phi) is 3.51. The highest BCUT2D eigenvalue weighted by molar-refractivity contribution is 6.17. The summed E-state index contributed by atoms with van der Waals surface area (Å²) < 4.78 is 7.22. The van der Waals surface area contributed by atoms with Gasteiger partial charge in [-0.25, -0.2) is 4.98 Å². The van der Waals surface area contributed by atoms with E-state index in [1.807, 2.05) is 41.0 Å². The summed E-state index contributed by atoms with van der Waals surface area (Å²) in [6, 6.07) is 15.2. The standard InChI is InChI=1S/C16H12ClN3O/c1-21-13-5-6-14-15(8-13)20(16(9-17)19-14)12-4-2-3-11(7-12)10-18/h2-8H,9H2,1H3. The Balaban J connectivity index is 2.30. The van der Waals surface area contributed by atoms with Crippen molar-refractivity contribution in [3.05, 3.63) is 53.9 Å². The number of nitriles is 1. The first-order chi connectivity index (χ1) is 10.3. The van der Waals surface area contributed by atoms with Crippen LogP contribution >= 0.6 is 11.6 Å². The average Bonchev–Trinajstić information content (AvgIpc) is 2.92. The third kappa shape index (κ3) is 2.32. The van der Waals surface area contributed by atoms with E-state index in [1.54, 1.807) is 13.2 Å². The number of hydrogen-bond acceptors (Lipinski definition) is 3. The second kappa shape index (κ2) is 5.47. The van der Waals surface area contributed by atoms with Crippen molar-refractivity contribution in [2.24, 2.45) is 0 Å². The van der Waals surface area contributed by atoms with Crippen LogP contribution < -0.4 is 4.74 Å². The molecule has 1 heterocycles. The largest absolute Gasteiger partial charge is 0.497 e. The molecule has 5 heteroatoms. The summed E-state index contributed by atoms with van der Waals surface area (Å²) in [6.07, 6.45) is 0. The van der Waals surface area contributed by atoms with Gasteiger partial charge in [0.15, 0.2) is 0 Å². The predicted octanol–water partition coefficient (Wildman–Crippen LogP) is 3.64. The lowest BCUT2D eigenvalue weighted by Crippen LogP contribution is -1.99. The van der Waals surface area contributed by atoms with Crippen molar-refractivity contribution in [1.29, 1.82) is 5.26 Å². The lowest BCUT2D eigenvalue weighted by atomic mass is 10.2. The van der Waals surface area contributed by atoms with Crippen LogP contribution in [0.3, 0.4) is 0 Å². The number of rotatable bonds is 3. The van der Waals surface area contributed by atoms with Gasteiger partial charge in [0, 0.05) is 11.8 Å². The van der Waals surface area contributed by atoms with Crippen LogP contribution in [0.2, 0.25) is 0 Å². The summed E-state index contributed by atoms with van der Waals surface area (Å²) in [5.41, 5.74) is 3.20. The molecule has 3 aromatic rings. The maximum atomic E-state index is 9.06. The van der Waals surface area contributed by atoms with Crippen molar-refractivity contribution < 1.29 is 4.74 Å². The predicted molar refractivity (Wildman–Crippen MR) is 81.9 cm³/mol. The lowest BCUT2D eigenvalue weighted by Gasteiger charge is -2.08. The van der Waals surface area contributed by atoms with Gasteiger partial charge in [-0.1, -0.05) is 6.07 Å². The van der Waals surface area contributed by atoms with Crippen LogP contribution in [-0.4, -0.2) is 16.7 Å². The van der Waals surface area contributed by atoms with Crippen molar-refractivity contribution in [2.45, 2.75) is 5.88 Å². The molecule has 0 spiro atoms. The minimum absolute atomic E-state index is 0.285. The summed E-state index contributed by atoms with van der Waals surface area (Å²) in [5.74, 6) is 1.77. The van der Waals surface area contributed by atoms with Crippen LogP contribution in [0.1, 0.15) is 11.4 Å². The fourth-order valence-corrected chi connectivity index (χ4v) is 2.50. The molecule has 0 saturated carbocycles. The highest BCUT2D eigenvalue weighted by Gasteiger charge is 2.13. The van der Waals surface area contributed by atoms with E-state index < -0.39 is 0 Å². The highest BCUT2D eigenvalue weighted by Crippen LogP contribution is 2.26. The van der Waals surface area contributed by atoms with Gasteiger partial charge >= 0.3 is 0 Å². The molecule has 0 radical (unpaired) electrons. The fraction of sp³-hybridized carbons (Fsp3) is 0.125. The van der Waals surface area contributed by atoms with Crippen molar-refractivity contribution in [2.75, 3.05) is 7.11 Å². The number of imidazole rings is 1. The van der Waals surface area contributed by atoms with E-state index in [-0.39, 0.29) is 5.88 Å². The van der Waals surface area contributed by atoms with Crippen molar-refractivity contribution in [3.63, 3.8) is 0 Å². The van der Waals surface area contributed by atoms with Crippen LogP contribution in [0.4, 0.5) is 0 Å². The van der Waals surface area contributed by atoms with Gasteiger partial charge in [-0.3, -0.25) is 4.57 Å². The van der Waals surface area contributed by atoms with Crippen LogP contribution in [0.5, 0.6) is 5.75 Å². The molecule has 4 nitrogen and oxygen atoms in total. The van der Waals surface area contributed by atoms with Gasteiger partial charge in [-0.2, -0.15) is 5.26 Å². The van der Waals surface area contributed by atoms with Gasteiger partial charge in [0.2, 0.25) is 0 Å². The van der Waals surface area contributed by atoms with Gasteiger partial charge < -0.3 is 4.74 Å². The summed E-state index contributed by atoms with van der Waals surface area (Å²) >= 11 is 6.02. The maximum absolute atomic E-state index is 9.06. The zero-order valence-electron chi connectivity index (χ0n) is 11.4. The van der Waals surface area contributed by atoms with Gasteiger partial charge in [0.1, 0.15) is 11.6 Å². The number of hydrogen-bond donors (Lipinski definition) is 0. The average molecular weight is 298 g/mol. The molecule has 1 aromatic heterocycles. The number of fused-ring (bicyclic) bond motifs is 1. The number of methoxy groups -OCH3 is 1. The Morgan fingerprint density at radius 2 is 2.14 bits per heavy atom. The Hall–Kier alpha value is -2.51. The SMILES string of the molecule is COc1ccc2nc(CCl)n(-c3cccc(C#N)c3)c2c1. The summed E-state index contributed by atoms with van der Waals surface area (Å²) in [7, 11) is 1.63. The molecule has 0 atom stereocenters. The smallest absolute Gasteiger partial charge is 0.129 e. The molecule has 3 rings (SSSR count). The van der Waals surface area contributed by atoms with E-state index in [1.165, 1.54) is 0 Å². The number of benzene rings is 2. The maximum Gasteiger partial charge on any atom is 0.129 e. The molecule has 0 fully saturated rings. The van der Waals surface area contributed by atoms with Crippen LogP contribution in [0.15, 0.2) is 42.5 Å². The van der Waals surface area contributed by atoms with Crippen molar-refractivity contribution >= 4 is 22.6 Å². The Labute approximate surface area is 127 Å². The Morgan fingerprint density at radius 1 is 1.29 bits per heavy atom. The van der Waals surface area contributed by atoms with E-state index in [2.05, 4.69) is 11.1 Å². The summed E-state index contributed by atoms with van der Waals surface area (Å²) in [6.45, 7) is 0. The summed E-state index contributed by atoms with van der Waals surface area (Å²) in [4.78, 5) is 4.53. The van der Waals surface area contributed by atoms with Crippen molar-refractivity contribution in [1.82, 2.24) is 9.55 Å². The third-order valence-electron chi connectivity index (χ3n) is 3.28. The molecule has 21 heavy (non-hydrogen) atoms. The second-order valence-electron chi connectivity index (χ2n) is 4.51. The molecule has 0 saturated heterocycles. The third-order valence-corrected chi connectivity index (χ3v) is 3.52. The molecule has 0 unspecified atom stereocenters. The van der Waals surface area contributed by atoms with E-state index >= 15 is 0 Å². The van der Waals surface area contributed by atoms with E-state index in [0.717, 1.165) is 28.3 Å². The van der Waals surface area contributed by atoms with Crippen molar-refractivity contribution in [3.8, 4) is 17.5 Å².